The second-order valence-corrected chi connectivity index (χ2v) is 5.25. The molecule has 0 saturated carbocycles. The van der Waals surface area contributed by atoms with Crippen LogP contribution < -0.4 is 10.6 Å². The van der Waals surface area contributed by atoms with Gasteiger partial charge in [0.05, 0.1) is 18.2 Å². The van der Waals surface area contributed by atoms with Gasteiger partial charge < -0.3 is 15.7 Å². The fraction of sp³-hybridized carbons (Fsp3) is 0.222. The van der Waals surface area contributed by atoms with Gasteiger partial charge in [-0.25, -0.2) is 9.18 Å². The van der Waals surface area contributed by atoms with Crippen molar-refractivity contribution in [2.24, 2.45) is 0 Å². The molecule has 6 heteroatoms. The summed E-state index contributed by atoms with van der Waals surface area (Å²) >= 11 is 0. The topological polar surface area (TPSA) is 85.2 Å². The van der Waals surface area contributed by atoms with Crippen LogP contribution in [0.3, 0.4) is 0 Å². The highest BCUT2D eigenvalue weighted by Crippen LogP contribution is 2.09. The molecule has 5 nitrogen and oxygen atoms in total. The average molecular weight is 327 g/mol. The fourth-order valence-electron chi connectivity index (χ4n) is 2.13. The van der Waals surface area contributed by atoms with Crippen molar-refractivity contribution >= 4 is 6.03 Å². The van der Waals surface area contributed by atoms with Gasteiger partial charge in [0.15, 0.2) is 0 Å². The second kappa shape index (κ2) is 8.65. The van der Waals surface area contributed by atoms with E-state index in [-0.39, 0.29) is 24.7 Å². The number of nitrogens with one attached hydrogen (secondary N) is 2. The predicted octanol–water partition coefficient (Wildman–Crippen LogP) is 2.23. The normalized spacial score (nSPS) is 10.0. The third-order valence-corrected chi connectivity index (χ3v) is 3.53. The van der Waals surface area contributed by atoms with Gasteiger partial charge in [0.25, 0.3) is 0 Å². The van der Waals surface area contributed by atoms with E-state index in [9.17, 15) is 9.18 Å². The molecule has 2 aromatic rings. The maximum Gasteiger partial charge on any atom is 0.315 e. The van der Waals surface area contributed by atoms with Gasteiger partial charge in [-0.05, 0) is 29.7 Å². The molecule has 0 atom stereocenters. The van der Waals surface area contributed by atoms with Gasteiger partial charge in [0.2, 0.25) is 0 Å². The number of urea groups is 1. The third-order valence-electron chi connectivity index (χ3n) is 3.53. The molecule has 0 fully saturated rings. The van der Waals surface area contributed by atoms with Crippen molar-refractivity contribution in [1.82, 2.24) is 10.6 Å². The van der Waals surface area contributed by atoms with Crippen LogP contribution in [0.25, 0.3) is 0 Å². The first-order valence-corrected chi connectivity index (χ1v) is 7.51. The van der Waals surface area contributed by atoms with E-state index >= 15 is 0 Å². The number of hydrogen-bond acceptors (Lipinski definition) is 3. The summed E-state index contributed by atoms with van der Waals surface area (Å²) in [7, 11) is 0. The van der Waals surface area contributed by atoms with Gasteiger partial charge in [-0.1, -0.05) is 30.3 Å². The third kappa shape index (κ3) is 5.07. The van der Waals surface area contributed by atoms with Gasteiger partial charge >= 0.3 is 6.03 Å². The lowest BCUT2D eigenvalue weighted by atomic mass is 10.1. The van der Waals surface area contributed by atoms with Crippen molar-refractivity contribution in [2.75, 3.05) is 6.54 Å². The van der Waals surface area contributed by atoms with Crippen LogP contribution >= 0.6 is 0 Å². The zero-order valence-corrected chi connectivity index (χ0v) is 13.1. The summed E-state index contributed by atoms with van der Waals surface area (Å²) in [4.78, 5) is 11.7. The van der Waals surface area contributed by atoms with Crippen molar-refractivity contribution in [3.63, 3.8) is 0 Å². The predicted molar refractivity (Wildman–Crippen MR) is 87.4 cm³/mol. The zero-order valence-electron chi connectivity index (χ0n) is 13.1. The van der Waals surface area contributed by atoms with E-state index in [1.807, 2.05) is 30.3 Å². The van der Waals surface area contributed by atoms with Crippen LogP contribution in [0.15, 0.2) is 42.5 Å². The highest BCUT2D eigenvalue weighted by Gasteiger charge is 2.06. The van der Waals surface area contributed by atoms with Crippen LogP contribution in [-0.4, -0.2) is 17.7 Å². The van der Waals surface area contributed by atoms with E-state index in [4.69, 9.17) is 10.4 Å². The molecule has 3 N–H and O–H groups in total. The highest BCUT2D eigenvalue weighted by atomic mass is 19.1. The first-order valence-electron chi connectivity index (χ1n) is 7.51. The van der Waals surface area contributed by atoms with E-state index in [1.165, 1.54) is 12.1 Å². The first kappa shape index (κ1) is 17.4. The van der Waals surface area contributed by atoms with Crippen LogP contribution in [0.1, 0.15) is 22.3 Å². The molecule has 0 saturated heterocycles. The van der Waals surface area contributed by atoms with Crippen molar-refractivity contribution in [3.8, 4) is 6.07 Å². The lowest BCUT2D eigenvalue weighted by Gasteiger charge is -2.09. The summed E-state index contributed by atoms with van der Waals surface area (Å²) in [6.45, 7) is 0.502. The van der Waals surface area contributed by atoms with Gasteiger partial charge in [-0.15, -0.1) is 0 Å². The molecule has 0 aliphatic heterocycles. The summed E-state index contributed by atoms with van der Waals surface area (Å²) in [6.07, 6.45) is 0.657. The maximum absolute atomic E-state index is 13.7. The number of rotatable bonds is 6. The van der Waals surface area contributed by atoms with Crippen molar-refractivity contribution < 1.29 is 14.3 Å². The van der Waals surface area contributed by atoms with Gasteiger partial charge in [0.1, 0.15) is 5.82 Å². The largest absolute Gasteiger partial charge is 0.392 e. The van der Waals surface area contributed by atoms with Gasteiger partial charge in [0, 0.05) is 18.7 Å². The number of aliphatic hydroxyl groups excluding tert-OH is 1. The van der Waals surface area contributed by atoms with Crippen LogP contribution in [0.4, 0.5) is 9.18 Å². The number of benzene rings is 2. The molecule has 0 spiro atoms. The molecule has 0 heterocycles. The number of nitriles is 1. The fourth-order valence-corrected chi connectivity index (χ4v) is 2.13. The minimum absolute atomic E-state index is 0.00679. The van der Waals surface area contributed by atoms with Crippen molar-refractivity contribution in [3.05, 3.63) is 70.5 Å². The first-order chi connectivity index (χ1) is 11.6. The zero-order chi connectivity index (χ0) is 17.4. The van der Waals surface area contributed by atoms with E-state index in [0.717, 1.165) is 17.2 Å². The van der Waals surface area contributed by atoms with Crippen LogP contribution in [0, 0.1) is 17.1 Å². The van der Waals surface area contributed by atoms with E-state index in [0.29, 0.717) is 18.5 Å². The summed E-state index contributed by atoms with van der Waals surface area (Å²) in [5, 5.41) is 22.9. The number of amides is 2. The summed E-state index contributed by atoms with van der Waals surface area (Å²) in [6, 6.07) is 13.1. The minimum Gasteiger partial charge on any atom is -0.392 e. The number of carbonyl (C=O) groups excluding carboxylic acids is 1. The molecule has 24 heavy (non-hydrogen) atoms. The Hall–Kier alpha value is -2.91. The van der Waals surface area contributed by atoms with Gasteiger partial charge in [-0.3, -0.25) is 0 Å². The Labute approximate surface area is 139 Å². The molecule has 0 unspecified atom stereocenters. The number of carbonyl (C=O) groups is 1. The lowest BCUT2D eigenvalue weighted by molar-refractivity contribution is 0.240. The van der Waals surface area contributed by atoms with Crippen molar-refractivity contribution in [2.45, 2.75) is 19.6 Å². The Morgan fingerprint density at radius 1 is 1.12 bits per heavy atom. The molecule has 0 aliphatic rings. The Bertz CT molecular complexity index is 739. The Morgan fingerprint density at radius 3 is 2.46 bits per heavy atom. The van der Waals surface area contributed by atoms with Crippen LogP contribution in [0.2, 0.25) is 0 Å². The smallest absolute Gasteiger partial charge is 0.315 e. The summed E-state index contributed by atoms with van der Waals surface area (Å²) in [5.41, 5.74) is 2.45. The van der Waals surface area contributed by atoms with Crippen molar-refractivity contribution in [1.29, 1.82) is 5.26 Å². The molecular weight excluding hydrogens is 309 g/mol. The summed E-state index contributed by atoms with van der Waals surface area (Å²) in [5.74, 6) is -0.515. The van der Waals surface area contributed by atoms with E-state index in [2.05, 4.69) is 10.6 Å². The number of halogens is 1. The summed E-state index contributed by atoms with van der Waals surface area (Å²) < 4.78 is 13.7. The highest BCUT2D eigenvalue weighted by molar-refractivity contribution is 5.73. The quantitative estimate of drug-likeness (QED) is 0.760. The monoisotopic (exact) mass is 327 g/mol. The molecule has 0 aliphatic carbocycles. The minimum atomic E-state index is -0.515. The molecular formula is C18H18FN3O2. The van der Waals surface area contributed by atoms with Gasteiger partial charge in [-0.2, -0.15) is 5.26 Å². The van der Waals surface area contributed by atoms with E-state index < -0.39 is 5.82 Å². The lowest BCUT2D eigenvalue weighted by Crippen LogP contribution is -2.36. The number of aliphatic hydroxyl groups is 1. The maximum atomic E-state index is 13.7. The SMILES string of the molecule is N#Cc1ccc(CNC(=O)NCCc2ccc(CO)cc2)c(F)c1. The molecule has 2 rings (SSSR count). The Kier molecular flexibility index (Phi) is 6.29. The Balaban J connectivity index is 1.74. The Morgan fingerprint density at radius 2 is 1.83 bits per heavy atom. The van der Waals surface area contributed by atoms with Crippen LogP contribution in [-0.2, 0) is 19.6 Å². The molecule has 0 bridgehead atoms. The number of nitrogens with zero attached hydrogens (tertiary/aromatic N) is 1. The van der Waals surface area contributed by atoms with E-state index in [1.54, 1.807) is 0 Å². The average Bonchev–Trinajstić information content (AvgIpc) is 2.61. The molecule has 0 radical (unpaired) electrons. The molecule has 2 aromatic carbocycles. The molecule has 0 aromatic heterocycles. The second-order valence-electron chi connectivity index (χ2n) is 5.25. The molecule has 2 amide bonds. The number of hydrogen-bond donors (Lipinski definition) is 3. The van der Waals surface area contributed by atoms with Crippen LogP contribution in [0.5, 0.6) is 0 Å². The standard InChI is InChI=1S/C18H18FN3O2/c19-17-9-15(10-20)5-6-16(17)11-22-18(24)21-8-7-13-1-3-14(12-23)4-2-13/h1-6,9,23H,7-8,11-12H2,(H2,21,22,24). The molecule has 124 valence electrons.